The molecule has 1 aromatic heterocycles. The molecule has 0 saturated heterocycles. The molecule has 7 heteroatoms. The van der Waals surface area contributed by atoms with Crippen LogP contribution >= 0.6 is 0 Å². The van der Waals surface area contributed by atoms with Gasteiger partial charge in [0.05, 0.1) is 0 Å². The zero-order valence-corrected chi connectivity index (χ0v) is 17.4. The summed E-state index contributed by atoms with van der Waals surface area (Å²) < 4.78 is 0. The number of carbonyl (C=O) groups excluding carboxylic acids is 2. The number of hydrogen-bond donors (Lipinski definition) is 3. The number of aromatic nitrogens is 3. The van der Waals surface area contributed by atoms with Crippen molar-refractivity contribution in [1.29, 1.82) is 0 Å². The number of nitrogens with zero attached hydrogens (tertiary/aromatic N) is 2. The molecule has 0 atom stereocenters. The number of rotatable bonds is 6. The van der Waals surface area contributed by atoms with E-state index in [-0.39, 0.29) is 23.7 Å². The van der Waals surface area contributed by atoms with Gasteiger partial charge < -0.3 is 10.6 Å². The summed E-state index contributed by atoms with van der Waals surface area (Å²) in [4.78, 5) is 29.7. The third-order valence-electron chi connectivity index (χ3n) is 7.16. The topological polar surface area (TPSA) is 99.8 Å². The minimum atomic E-state index is -0.158. The summed E-state index contributed by atoms with van der Waals surface area (Å²) in [6, 6.07) is 7.47. The van der Waals surface area contributed by atoms with Crippen LogP contribution < -0.4 is 10.6 Å². The van der Waals surface area contributed by atoms with Gasteiger partial charge >= 0.3 is 0 Å². The third kappa shape index (κ3) is 3.73. The van der Waals surface area contributed by atoms with Crippen LogP contribution in [0.25, 0.3) is 11.4 Å². The Morgan fingerprint density at radius 2 is 1.83 bits per heavy atom. The van der Waals surface area contributed by atoms with Crippen LogP contribution in [-0.2, 0) is 9.59 Å². The zero-order valence-electron chi connectivity index (χ0n) is 17.4. The van der Waals surface area contributed by atoms with Crippen molar-refractivity contribution in [1.82, 2.24) is 20.5 Å². The van der Waals surface area contributed by atoms with Gasteiger partial charge in [-0.25, -0.2) is 4.98 Å². The first-order valence-electron chi connectivity index (χ1n) is 11.1. The first kappa shape index (κ1) is 19.3. The van der Waals surface area contributed by atoms with Crippen LogP contribution in [0.1, 0.15) is 50.8 Å². The summed E-state index contributed by atoms with van der Waals surface area (Å²) >= 11 is 0. The Balaban J connectivity index is 1.13. The molecule has 6 rings (SSSR count). The van der Waals surface area contributed by atoms with E-state index in [9.17, 15) is 9.59 Å². The Labute approximate surface area is 176 Å². The standard InChI is InChI=1S/C23H29N5O2/c1-14-25-21(28-27-14)18-3-2-4-19(10-18)26-20(29)5-6-24-22(30)23-11-15-7-16(12-23)9-17(8-15)13-23/h2-4,10,15-17H,5-9,11-13H2,1H3,(H,24,30)(H,26,29)(H,25,27,28). The maximum Gasteiger partial charge on any atom is 0.226 e. The Morgan fingerprint density at radius 3 is 2.47 bits per heavy atom. The van der Waals surface area contributed by atoms with Gasteiger partial charge in [0.2, 0.25) is 11.8 Å². The normalized spacial score (nSPS) is 29.0. The molecule has 4 aliphatic carbocycles. The summed E-state index contributed by atoms with van der Waals surface area (Å²) in [6.45, 7) is 2.23. The number of aromatic amines is 1. The van der Waals surface area contributed by atoms with Crippen LogP contribution in [0, 0.1) is 30.1 Å². The molecule has 2 amide bonds. The quantitative estimate of drug-likeness (QED) is 0.683. The van der Waals surface area contributed by atoms with Crippen LogP contribution in [0.3, 0.4) is 0 Å². The van der Waals surface area contributed by atoms with Crippen molar-refractivity contribution in [3.05, 3.63) is 30.1 Å². The molecule has 1 aromatic carbocycles. The largest absolute Gasteiger partial charge is 0.355 e. The highest BCUT2D eigenvalue weighted by Crippen LogP contribution is 2.60. The van der Waals surface area contributed by atoms with Crippen LogP contribution in [0.5, 0.6) is 0 Å². The molecule has 3 N–H and O–H groups in total. The van der Waals surface area contributed by atoms with Gasteiger partial charge in [0, 0.05) is 29.6 Å². The van der Waals surface area contributed by atoms with Gasteiger partial charge in [0.15, 0.2) is 5.82 Å². The lowest BCUT2D eigenvalue weighted by Gasteiger charge is -2.55. The lowest BCUT2D eigenvalue weighted by molar-refractivity contribution is -0.146. The number of H-pyrrole nitrogens is 1. The maximum absolute atomic E-state index is 13.0. The molecule has 7 nitrogen and oxygen atoms in total. The monoisotopic (exact) mass is 407 g/mol. The van der Waals surface area contributed by atoms with Gasteiger partial charge in [-0.3, -0.25) is 14.7 Å². The lowest BCUT2D eigenvalue weighted by atomic mass is 9.49. The smallest absolute Gasteiger partial charge is 0.226 e. The Kier molecular flexibility index (Phi) is 4.83. The second kappa shape index (κ2) is 7.52. The lowest BCUT2D eigenvalue weighted by Crippen LogP contribution is -2.53. The average Bonchev–Trinajstić information content (AvgIpc) is 3.13. The SMILES string of the molecule is Cc1nc(-c2cccc(NC(=O)CCNC(=O)C34CC5CC(CC(C5)C3)C4)c2)n[nH]1. The number of anilines is 1. The van der Waals surface area contributed by atoms with Crippen LogP contribution in [0.2, 0.25) is 0 Å². The number of aryl methyl sites for hydroxylation is 1. The summed E-state index contributed by atoms with van der Waals surface area (Å²) in [5.74, 6) is 3.64. The van der Waals surface area contributed by atoms with Crippen molar-refractivity contribution in [3.8, 4) is 11.4 Å². The Hall–Kier alpha value is -2.70. The van der Waals surface area contributed by atoms with Gasteiger partial charge in [0.25, 0.3) is 0 Å². The van der Waals surface area contributed by atoms with Crippen LogP contribution in [0.4, 0.5) is 5.69 Å². The molecule has 4 saturated carbocycles. The van der Waals surface area contributed by atoms with Gasteiger partial charge in [-0.05, 0) is 75.3 Å². The molecular weight excluding hydrogens is 378 g/mol. The fourth-order valence-electron chi connectivity index (χ4n) is 6.30. The number of carbonyl (C=O) groups is 2. The number of nitrogens with one attached hydrogen (secondary N) is 3. The van der Waals surface area contributed by atoms with Crippen molar-refractivity contribution in [2.24, 2.45) is 23.2 Å². The second-order valence-corrected chi connectivity index (χ2v) is 9.58. The predicted octanol–water partition coefficient (Wildman–Crippen LogP) is 3.44. The maximum atomic E-state index is 13.0. The Bertz CT molecular complexity index is 931. The molecule has 0 aliphatic heterocycles. The van der Waals surface area contributed by atoms with Crippen molar-refractivity contribution in [2.75, 3.05) is 11.9 Å². The van der Waals surface area contributed by atoms with E-state index < -0.39 is 0 Å². The minimum Gasteiger partial charge on any atom is -0.355 e. The van der Waals surface area contributed by atoms with E-state index in [4.69, 9.17) is 0 Å². The molecule has 4 aliphatic rings. The van der Waals surface area contributed by atoms with Crippen molar-refractivity contribution in [3.63, 3.8) is 0 Å². The predicted molar refractivity (Wildman–Crippen MR) is 113 cm³/mol. The number of amides is 2. The van der Waals surface area contributed by atoms with Gasteiger partial charge in [-0.1, -0.05) is 12.1 Å². The molecule has 1 heterocycles. The molecule has 0 radical (unpaired) electrons. The summed E-state index contributed by atoms with van der Waals surface area (Å²) in [5, 5.41) is 13.0. The van der Waals surface area contributed by atoms with E-state index in [2.05, 4.69) is 25.8 Å². The molecule has 0 unspecified atom stereocenters. The number of hydrogen-bond acceptors (Lipinski definition) is 4. The first-order valence-corrected chi connectivity index (χ1v) is 11.1. The average molecular weight is 408 g/mol. The van der Waals surface area contributed by atoms with Gasteiger partial charge in [-0.2, -0.15) is 5.10 Å². The highest BCUT2D eigenvalue weighted by Gasteiger charge is 2.54. The highest BCUT2D eigenvalue weighted by atomic mass is 16.2. The first-order chi connectivity index (χ1) is 14.5. The van der Waals surface area contributed by atoms with Crippen molar-refractivity contribution < 1.29 is 9.59 Å². The summed E-state index contributed by atoms with van der Waals surface area (Å²) in [7, 11) is 0. The molecule has 30 heavy (non-hydrogen) atoms. The third-order valence-corrected chi connectivity index (χ3v) is 7.16. The van der Waals surface area contributed by atoms with E-state index >= 15 is 0 Å². The summed E-state index contributed by atoms with van der Waals surface area (Å²) in [5.41, 5.74) is 1.38. The molecule has 4 bridgehead atoms. The Morgan fingerprint density at radius 1 is 1.13 bits per heavy atom. The molecule has 2 aromatic rings. The molecule has 158 valence electrons. The summed E-state index contributed by atoms with van der Waals surface area (Å²) in [6.07, 6.45) is 7.37. The van der Waals surface area contributed by atoms with E-state index in [1.807, 2.05) is 31.2 Å². The van der Waals surface area contributed by atoms with Crippen molar-refractivity contribution in [2.45, 2.75) is 51.9 Å². The molecule has 4 fully saturated rings. The number of benzene rings is 1. The van der Waals surface area contributed by atoms with Gasteiger partial charge in [0.1, 0.15) is 5.82 Å². The highest BCUT2D eigenvalue weighted by molar-refractivity contribution is 5.92. The van der Waals surface area contributed by atoms with E-state index in [0.29, 0.717) is 18.1 Å². The second-order valence-electron chi connectivity index (χ2n) is 9.58. The minimum absolute atomic E-state index is 0.107. The van der Waals surface area contributed by atoms with Crippen LogP contribution in [0.15, 0.2) is 24.3 Å². The fourth-order valence-corrected chi connectivity index (χ4v) is 6.30. The van der Waals surface area contributed by atoms with Crippen molar-refractivity contribution >= 4 is 17.5 Å². The molecular formula is C23H29N5O2. The zero-order chi connectivity index (χ0) is 20.7. The van der Waals surface area contributed by atoms with E-state index in [0.717, 1.165) is 48.4 Å². The van der Waals surface area contributed by atoms with Gasteiger partial charge in [-0.15, -0.1) is 0 Å². The fraction of sp³-hybridized carbons (Fsp3) is 0.565. The van der Waals surface area contributed by atoms with E-state index in [1.165, 1.54) is 19.3 Å². The molecule has 0 spiro atoms. The van der Waals surface area contributed by atoms with E-state index in [1.54, 1.807) is 0 Å². The van der Waals surface area contributed by atoms with Crippen LogP contribution in [-0.4, -0.2) is 33.5 Å².